The zero-order valence-corrected chi connectivity index (χ0v) is 16.9. The third-order valence-electron chi connectivity index (χ3n) is 3.88. The first-order valence-electron chi connectivity index (χ1n) is 7.65. The quantitative estimate of drug-likeness (QED) is 0.621. The predicted octanol–water partition coefficient (Wildman–Crippen LogP) is 3.09. The van der Waals surface area contributed by atoms with E-state index in [4.69, 9.17) is 25.4 Å². The summed E-state index contributed by atoms with van der Waals surface area (Å²) in [6, 6.07) is 3.56. The summed E-state index contributed by atoms with van der Waals surface area (Å²) in [5, 5.41) is 11.8. The minimum absolute atomic E-state index is 0.297. The number of halogens is 1. The summed E-state index contributed by atoms with van der Waals surface area (Å²) in [5.74, 6) is 1.81. The van der Waals surface area contributed by atoms with Gasteiger partial charge in [-0.05, 0) is 28.1 Å². The molecule has 0 saturated carbocycles. The first-order chi connectivity index (χ1) is 12.5. The van der Waals surface area contributed by atoms with Gasteiger partial charge in [0, 0.05) is 12.1 Å². The van der Waals surface area contributed by atoms with Gasteiger partial charge in [0.2, 0.25) is 5.75 Å². The van der Waals surface area contributed by atoms with Crippen molar-refractivity contribution in [1.29, 1.82) is 5.41 Å². The summed E-state index contributed by atoms with van der Waals surface area (Å²) in [5.41, 5.74) is 7.37. The topological polar surface area (TPSA) is 92.8 Å². The Hall–Kier alpha value is -2.10. The zero-order valence-electron chi connectivity index (χ0n) is 14.5. The Labute approximate surface area is 164 Å². The average molecular weight is 439 g/mol. The van der Waals surface area contributed by atoms with Gasteiger partial charge < -0.3 is 25.3 Å². The number of nitrogens with zero attached hydrogens (tertiary/aromatic N) is 1. The molecule has 1 aromatic carbocycles. The van der Waals surface area contributed by atoms with Gasteiger partial charge >= 0.3 is 0 Å². The Morgan fingerprint density at radius 1 is 1.19 bits per heavy atom. The van der Waals surface area contributed by atoms with Gasteiger partial charge in [0.05, 0.1) is 42.2 Å². The van der Waals surface area contributed by atoms with E-state index >= 15 is 0 Å². The molecule has 7 nitrogen and oxygen atoms in total. The second kappa shape index (κ2) is 7.65. The Morgan fingerprint density at radius 3 is 2.38 bits per heavy atom. The van der Waals surface area contributed by atoms with Crippen LogP contribution in [-0.4, -0.2) is 32.7 Å². The number of nitrogens with one attached hydrogen (secondary N) is 2. The lowest BCUT2D eigenvalue weighted by Gasteiger charge is -2.24. The van der Waals surface area contributed by atoms with Crippen LogP contribution >= 0.6 is 27.7 Å². The van der Waals surface area contributed by atoms with E-state index in [0.717, 1.165) is 15.2 Å². The second-order valence-electron chi connectivity index (χ2n) is 5.35. The highest BCUT2D eigenvalue weighted by Gasteiger charge is 2.35. The molecule has 0 aromatic heterocycles. The van der Waals surface area contributed by atoms with E-state index in [1.807, 2.05) is 18.2 Å². The molecule has 3 rings (SSSR count). The number of hydrogen-bond acceptors (Lipinski definition) is 7. The molecule has 1 aromatic rings. The van der Waals surface area contributed by atoms with E-state index in [0.29, 0.717) is 28.8 Å². The van der Waals surface area contributed by atoms with Crippen LogP contribution in [0.25, 0.3) is 0 Å². The van der Waals surface area contributed by atoms with E-state index in [9.17, 15) is 0 Å². The smallest absolute Gasteiger partial charge is 0.203 e. The molecular weight excluding hydrogens is 420 g/mol. The molecule has 0 aliphatic carbocycles. The van der Waals surface area contributed by atoms with Crippen molar-refractivity contribution in [1.82, 2.24) is 5.32 Å². The highest BCUT2D eigenvalue weighted by atomic mass is 79.9. The maximum absolute atomic E-state index is 8.63. The van der Waals surface area contributed by atoms with Gasteiger partial charge in [-0.25, -0.2) is 0 Å². The highest BCUT2D eigenvalue weighted by Crippen LogP contribution is 2.45. The largest absolute Gasteiger partial charge is 0.493 e. The molecule has 1 saturated heterocycles. The van der Waals surface area contributed by atoms with E-state index in [-0.39, 0.29) is 0 Å². The summed E-state index contributed by atoms with van der Waals surface area (Å²) >= 11 is 4.82. The van der Waals surface area contributed by atoms with E-state index in [1.54, 1.807) is 38.4 Å². The SMILES string of the molecule is COc1cc(N2C(=N)C(=C3C=CC=C(Br)N3)SC2N)cc(OC)c1OC. The van der Waals surface area contributed by atoms with Gasteiger partial charge in [-0.15, -0.1) is 0 Å². The van der Waals surface area contributed by atoms with E-state index in [2.05, 4.69) is 21.2 Å². The minimum atomic E-state index is -0.451. The number of methoxy groups -OCH3 is 3. The molecule has 4 N–H and O–H groups in total. The number of benzene rings is 1. The van der Waals surface area contributed by atoms with Crippen molar-refractivity contribution in [3.05, 3.63) is 45.6 Å². The lowest BCUT2D eigenvalue weighted by molar-refractivity contribution is 0.324. The van der Waals surface area contributed by atoms with Gasteiger partial charge in [-0.1, -0.05) is 17.8 Å². The molecule has 1 unspecified atom stereocenters. The monoisotopic (exact) mass is 438 g/mol. The summed E-state index contributed by atoms with van der Waals surface area (Å²) < 4.78 is 17.0. The van der Waals surface area contributed by atoms with Gasteiger partial charge in [-0.3, -0.25) is 10.3 Å². The van der Waals surface area contributed by atoms with Crippen LogP contribution < -0.4 is 30.2 Å². The normalized spacial score (nSPS) is 22.2. The molecule has 2 heterocycles. The third kappa shape index (κ3) is 3.29. The van der Waals surface area contributed by atoms with Crippen LogP contribution in [0.5, 0.6) is 17.2 Å². The molecule has 1 atom stereocenters. The van der Waals surface area contributed by atoms with Crippen LogP contribution in [0.1, 0.15) is 0 Å². The molecule has 138 valence electrons. The summed E-state index contributed by atoms with van der Waals surface area (Å²) in [7, 11) is 4.66. The van der Waals surface area contributed by atoms with Crippen LogP contribution in [0.15, 0.2) is 45.6 Å². The molecule has 0 spiro atoms. The minimum Gasteiger partial charge on any atom is -0.493 e. The van der Waals surface area contributed by atoms with Crippen molar-refractivity contribution in [3.63, 3.8) is 0 Å². The third-order valence-corrected chi connectivity index (χ3v) is 5.44. The molecule has 2 aliphatic rings. The van der Waals surface area contributed by atoms with Crippen molar-refractivity contribution < 1.29 is 14.2 Å². The van der Waals surface area contributed by atoms with Gasteiger partial charge in [-0.2, -0.15) is 0 Å². The maximum Gasteiger partial charge on any atom is 0.203 e. The van der Waals surface area contributed by atoms with Gasteiger partial charge in [0.1, 0.15) is 11.3 Å². The van der Waals surface area contributed by atoms with Crippen molar-refractivity contribution in [2.75, 3.05) is 26.2 Å². The Bertz CT molecular complexity index is 812. The molecule has 9 heteroatoms. The number of anilines is 1. The van der Waals surface area contributed by atoms with Crippen LogP contribution in [-0.2, 0) is 0 Å². The molecule has 2 aliphatic heterocycles. The molecule has 0 radical (unpaired) electrons. The first-order valence-corrected chi connectivity index (χ1v) is 9.33. The van der Waals surface area contributed by atoms with Crippen LogP contribution in [0.4, 0.5) is 5.69 Å². The molecular formula is C17H19BrN4O3S. The number of hydrogen-bond donors (Lipinski definition) is 3. The van der Waals surface area contributed by atoms with Gasteiger partial charge in [0.15, 0.2) is 11.5 Å². The Kier molecular flexibility index (Phi) is 5.49. The zero-order chi connectivity index (χ0) is 18.8. The van der Waals surface area contributed by atoms with Crippen molar-refractivity contribution in [3.8, 4) is 17.2 Å². The van der Waals surface area contributed by atoms with Crippen molar-refractivity contribution in [2.24, 2.45) is 5.73 Å². The van der Waals surface area contributed by atoms with Gasteiger partial charge in [0.25, 0.3) is 0 Å². The van der Waals surface area contributed by atoms with Crippen LogP contribution in [0.2, 0.25) is 0 Å². The van der Waals surface area contributed by atoms with E-state index < -0.39 is 5.50 Å². The summed E-state index contributed by atoms with van der Waals surface area (Å²) in [4.78, 5) is 2.48. The molecule has 1 fully saturated rings. The average Bonchev–Trinajstić information content (AvgIpc) is 2.94. The number of ether oxygens (including phenoxy) is 3. The number of allylic oxidation sites excluding steroid dienone is 3. The number of rotatable bonds is 4. The van der Waals surface area contributed by atoms with Crippen LogP contribution in [0, 0.1) is 5.41 Å². The fraction of sp³-hybridized carbons (Fsp3) is 0.235. The number of thioether (sulfide) groups is 1. The number of dihydropyridines is 1. The molecule has 0 amide bonds. The summed E-state index contributed by atoms with van der Waals surface area (Å²) in [6.07, 6.45) is 5.71. The fourth-order valence-corrected chi connectivity index (χ4v) is 4.11. The standard InChI is InChI=1S/C17H19BrN4O3S/c1-23-11-7-9(8-12(24-2)14(11)25-3)22-16(19)15(26-17(22)20)10-5-4-6-13(18)21-10/h4-8,17,19,21H,20H2,1-3H3. The Balaban J connectivity index is 2.02. The second-order valence-corrected chi connectivity index (χ2v) is 7.33. The fourth-order valence-electron chi connectivity index (χ4n) is 2.71. The molecule has 0 bridgehead atoms. The van der Waals surface area contributed by atoms with Crippen molar-refractivity contribution >= 4 is 39.2 Å². The van der Waals surface area contributed by atoms with E-state index in [1.165, 1.54) is 11.8 Å². The maximum atomic E-state index is 8.63. The number of nitrogens with two attached hydrogens (primary N) is 1. The molecule has 26 heavy (non-hydrogen) atoms. The van der Waals surface area contributed by atoms with Crippen molar-refractivity contribution in [2.45, 2.75) is 5.50 Å². The highest BCUT2D eigenvalue weighted by molar-refractivity contribution is 9.11. The predicted molar refractivity (Wildman–Crippen MR) is 108 cm³/mol. The lowest BCUT2D eigenvalue weighted by Crippen LogP contribution is -2.38. The summed E-state index contributed by atoms with van der Waals surface area (Å²) in [6.45, 7) is 0. The van der Waals surface area contributed by atoms with Crippen LogP contribution in [0.3, 0.4) is 0 Å². The Morgan fingerprint density at radius 2 is 1.85 bits per heavy atom. The number of amidine groups is 1. The lowest BCUT2D eigenvalue weighted by atomic mass is 10.2. The first kappa shape index (κ1) is 18.7.